The minimum absolute atomic E-state index is 0.349. The van der Waals surface area contributed by atoms with Gasteiger partial charge in [0.2, 0.25) is 0 Å². The summed E-state index contributed by atoms with van der Waals surface area (Å²) in [6.07, 6.45) is 1.53. The number of hydrogen-bond acceptors (Lipinski definition) is 3. The Balaban J connectivity index is 1.76. The van der Waals surface area contributed by atoms with Crippen LogP contribution in [0.1, 0.15) is 15.9 Å². The number of benzene rings is 2. The zero-order valence-corrected chi connectivity index (χ0v) is 14.1. The first-order valence-corrected chi connectivity index (χ1v) is 7.95. The van der Waals surface area contributed by atoms with Gasteiger partial charge in [0.25, 0.3) is 5.91 Å². The van der Waals surface area contributed by atoms with E-state index in [1.54, 1.807) is 24.3 Å². The Morgan fingerprint density at radius 2 is 1.92 bits per heavy atom. The number of nitrogens with zero attached hydrogens (tertiary/aromatic N) is 1. The van der Waals surface area contributed by atoms with E-state index in [-0.39, 0.29) is 5.91 Å². The van der Waals surface area contributed by atoms with E-state index < -0.39 is 5.82 Å². The largest absolute Gasteiger partial charge is 0.340 e. The average Bonchev–Trinajstić information content (AvgIpc) is 2.58. The van der Waals surface area contributed by atoms with Crippen LogP contribution in [0.25, 0.3) is 0 Å². The van der Waals surface area contributed by atoms with Gasteiger partial charge < -0.3 is 10.6 Å². The smallest absolute Gasteiger partial charge is 0.255 e. The highest BCUT2D eigenvalue weighted by Gasteiger charge is 2.08. The third-order valence-electron chi connectivity index (χ3n) is 3.55. The number of carbonyl (C=O) groups is 1. The highest BCUT2D eigenvalue weighted by atomic mass is 35.5. The number of carbonyl (C=O) groups excluding carboxylic acids is 1. The minimum Gasteiger partial charge on any atom is -0.340 e. The molecule has 2 N–H and O–H groups in total. The van der Waals surface area contributed by atoms with Crippen LogP contribution in [0.5, 0.6) is 0 Å². The summed E-state index contributed by atoms with van der Waals surface area (Å²) in [7, 11) is 0. The van der Waals surface area contributed by atoms with Crippen LogP contribution in [0.4, 0.5) is 21.6 Å². The maximum atomic E-state index is 13.2. The monoisotopic (exact) mass is 355 g/mol. The lowest BCUT2D eigenvalue weighted by Crippen LogP contribution is -2.12. The van der Waals surface area contributed by atoms with Crippen LogP contribution in [-0.4, -0.2) is 10.9 Å². The van der Waals surface area contributed by atoms with Crippen molar-refractivity contribution in [1.82, 2.24) is 4.98 Å². The number of aryl methyl sites for hydroxylation is 1. The van der Waals surface area contributed by atoms with E-state index in [9.17, 15) is 9.18 Å². The zero-order valence-electron chi connectivity index (χ0n) is 13.4. The van der Waals surface area contributed by atoms with Crippen LogP contribution < -0.4 is 10.6 Å². The van der Waals surface area contributed by atoms with Crippen LogP contribution >= 0.6 is 11.6 Å². The van der Waals surface area contributed by atoms with Crippen molar-refractivity contribution < 1.29 is 9.18 Å². The number of rotatable bonds is 4. The summed E-state index contributed by atoms with van der Waals surface area (Å²) in [6, 6.07) is 14.5. The van der Waals surface area contributed by atoms with Crippen molar-refractivity contribution in [3.63, 3.8) is 0 Å². The summed E-state index contributed by atoms with van der Waals surface area (Å²) in [5.74, 6) is -0.254. The van der Waals surface area contributed by atoms with E-state index in [4.69, 9.17) is 11.6 Å². The molecule has 0 aliphatic heterocycles. The Bertz CT molecular complexity index is 930. The van der Waals surface area contributed by atoms with Crippen LogP contribution in [0, 0.1) is 12.7 Å². The van der Waals surface area contributed by atoms with Crippen molar-refractivity contribution in [3.05, 3.63) is 82.8 Å². The third-order valence-corrected chi connectivity index (χ3v) is 3.96. The van der Waals surface area contributed by atoms with Crippen molar-refractivity contribution in [2.45, 2.75) is 6.92 Å². The third kappa shape index (κ3) is 4.33. The molecular weight excluding hydrogens is 341 g/mol. The summed E-state index contributed by atoms with van der Waals surface area (Å²) < 4.78 is 13.2. The molecule has 2 aromatic carbocycles. The average molecular weight is 356 g/mol. The fourth-order valence-electron chi connectivity index (χ4n) is 2.23. The fraction of sp³-hybridized carbons (Fsp3) is 0.0526. The molecule has 0 bridgehead atoms. The van der Waals surface area contributed by atoms with Gasteiger partial charge in [-0.15, -0.1) is 0 Å². The molecule has 126 valence electrons. The van der Waals surface area contributed by atoms with Crippen LogP contribution in [-0.2, 0) is 0 Å². The fourth-order valence-corrected chi connectivity index (χ4v) is 2.41. The lowest BCUT2D eigenvalue weighted by molar-refractivity contribution is 0.102. The Morgan fingerprint density at radius 3 is 2.68 bits per heavy atom. The van der Waals surface area contributed by atoms with Gasteiger partial charge >= 0.3 is 0 Å². The molecule has 1 amide bonds. The molecule has 1 heterocycles. The standard InChI is InChI=1S/C19H15ClFN3O/c1-12-5-6-16(11-17(12)20)23-18-9-13(7-8-22-18)19(25)24-15-4-2-3-14(21)10-15/h2-11H,1H3,(H,22,23)(H,24,25). The van der Waals surface area contributed by atoms with E-state index in [2.05, 4.69) is 15.6 Å². The van der Waals surface area contributed by atoms with E-state index in [1.165, 1.54) is 24.4 Å². The molecule has 4 nitrogen and oxygen atoms in total. The van der Waals surface area contributed by atoms with Crippen molar-refractivity contribution in [1.29, 1.82) is 0 Å². The van der Waals surface area contributed by atoms with Crippen LogP contribution in [0.15, 0.2) is 60.8 Å². The van der Waals surface area contributed by atoms with Gasteiger partial charge in [-0.05, 0) is 55.0 Å². The van der Waals surface area contributed by atoms with E-state index in [1.807, 2.05) is 19.1 Å². The zero-order chi connectivity index (χ0) is 17.8. The first kappa shape index (κ1) is 16.9. The van der Waals surface area contributed by atoms with Gasteiger partial charge in [0, 0.05) is 28.2 Å². The van der Waals surface area contributed by atoms with Crippen molar-refractivity contribution in [2.75, 3.05) is 10.6 Å². The Labute approximate surface area is 149 Å². The van der Waals surface area contributed by atoms with E-state index in [0.717, 1.165) is 11.3 Å². The molecule has 0 saturated heterocycles. The maximum absolute atomic E-state index is 13.2. The summed E-state index contributed by atoms with van der Waals surface area (Å²) >= 11 is 6.11. The second-order valence-corrected chi connectivity index (χ2v) is 5.89. The Kier molecular flexibility index (Phi) is 4.95. The normalized spacial score (nSPS) is 10.4. The first-order chi connectivity index (χ1) is 12.0. The molecule has 25 heavy (non-hydrogen) atoms. The molecule has 0 atom stereocenters. The number of hydrogen-bond donors (Lipinski definition) is 2. The number of aromatic nitrogens is 1. The topological polar surface area (TPSA) is 54.0 Å². The Morgan fingerprint density at radius 1 is 1.08 bits per heavy atom. The molecule has 6 heteroatoms. The predicted molar refractivity (Wildman–Crippen MR) is 98.1 cm³/mol. The van der Waals surface area contributed by atoms with Gasteiger partial charge in [-0.2, -0.15) is 0 Å². The van der Waals surface area contributed by atoms with Gasteiger partial charge in [-0.25, -0.2) is 9.37 Å². The lowest BCUT2D eigenvalue weighted by atomic mass is 10.2. The van der Waals surface area contributed by atoms with E-state index in [0.29, 0.717) is 22.1 Å². The number of nitrogens with one attached hydrogen (secondary N) is 2. The molecule has 0 fully saturated rings. The quantitative estimate of drug-likeness (QED) is 0.678. The maximum Gasteiger partial charge on any atom is 0.255 e. The van der Waals surface area contributed by atoms with Crippen molar-refractivity contribution in [3.8, 4) is 0 Å². The number of pyridine rings is 1. The summed E-state index contributed by atoms with van der Waals surface area (Å²) in [5, 5.41) is 6.40. The van der Waals surface area contributed by atoms with Crippen LogP contribution in [0.2, 0.25) is 5.02 Å². The van der Waals surface area contributed by atoms with Gasteiger partial charge in [0.15, 0.2) is 0 Å². The van der Waals surface area contributed by atoms with Gasteiger partial charge in [-0.3, -0.25) is 4.79 Å². The summed E-state index contributed by atoms with van der Waals surface area (Å²) in [6.45, 7) is 1.92. The number of anilines is 3. The molecule has 1 aromatic heterocycles. The highest BCUT2D eigenvalue weighted by molar-refractivity contribution is 6.31. The predicted octanol–water partition coefficient (Wildman–Crippen LogP) is 5.18. The number of amides is 1. The summed E-state index contributed by atoms with van der Waals surface area (Å²) in [4.78, 5) is 16.5. The molecule has 3 aromatic rings. The molecule has 0 spiro atoms. The van der Waals surface area contributed by atoms with Crippen LogP contribution in [0.3, 0.4) is 0 Å². The van der Waals surface area contributed by atoms with Crippen molar-refractivity contribution in [2.24, 2.45) is 0 Å². The van der Waals surface area contributed by atoms with Gasteiger partial charge in [-0.1, -0.05) is 23.7 Å². The molecule has 0 aliphatic carbocycles. The SMILES string of the molecule is Cc1ccc(Nc2cc(C(=O)Nc3cccc(F)c3)ccn2)cc1Cl. The molecule has 0 saturated carbocycles. The second-order valence-electron chi connectivity index (χ2n) is 5.48. The molecule has 3 rings (SSSR count). The highest BCUT2D eigenvalue weighted by Crippen LogP contribution is 2.23. The van der Waals surface area contributed by atoms with Gasteiger partial charge in [0.05, 0.1) is 0 Å². The van der Waals surface area contributed by atoms with Crippen molar-refractivity contribution >= 4 is 34.7 Å². The lowest BCUT2D eigenvalue weighted by Gasteiger charge is -2.09. The molecule has 0 radical (unpaired) electrons. The second kappa shape index (κ2) is 7.32. The minimum atomic E-state index is -0.411. The molecular formula is C19H15ClFN3O. The number of halogens is 2. The Hall–Kier alpha value is -2.92. The van der Waals surface area contributed by atoms with Gasteiger partial charge in [0.1, 0.15) is 11.6 Å². The molecule has 0 aliphatic rings. The van der Waals surface area contributed by atoms with E-state index >= 15 is 0 Å². The summed E-state index contributed by atoms with van der Waals surface area (Å²) in [5.41, 5.74) is 2.54. The molecule has 0 unspecified atom stereocenters. The first-order valence-electron chi connectivity index (χ1n) is 7.57.